The Labute approximate surface area is 176 Å². The SMILES string of the molecule is O=C(C=Cc1ccccc1Cl)Nc1ccc(-n2nc(C(F)(F)F)cc2C(F)(F)F)cc1. The monoisotopic (exact) mass is 459 g/mol. The fourth-order valence-electron chi connectivity index (χ4n) is 2.56. The third kappa shape index (κ3) is 5.46. The maximum Gasteiger partial charge on any atom is 0.435 e. The summed E-state index contributed by atoms with van der Waals surface area (Å²) in [6, 6.07) is 11.4. The van der Waals surface area contributed by atoms with E-state index in [1.165, 1.54) is 24.3 Å². The maximum atomic E-state index is 13.1. The number of anilines is 1. The van der Waals surface area contributed by atoms with E-state index in [0.717, 1.165) is 12.1 Å². The minimum Gasteiger partial charge on any atom is -0.323 e. The van der Waals surface area contributed by atoms with Gasteiger partial charge in [0, 0.05) is 22.9 Å². The number of halogens is 7. The molecule has 2 aromatic carbocycles. The van der Waals surface area contributed by atoms with Gasteiger partial charge in [-0.2, -0.15) is 31.4 Å². The van der Waals surface area contributed by atoms with Crippen molar-refractivity contribution in [3.8, 4) is 5.69 Å². The largest absolute Gasteiger partial charge is 0.435 e. The van der Waals surface area contributed by atoms with Gasteiger partial charge < -0.3 is 5.32 Å². The van der Waals surface area contributed by atoms with Crippen LogP contribution in [-0.4, -0.2) is 15.7 Å². The zero-order valence-electron chi connectivity index (χ0n) is 15.3. The van der Waals surface area contributed by atoms with Crippen molar-refractivity contribution in [1.29, 1.82) is 0 Å². The third-order valence-corrected chi connectivity index (χ3v) is 4.33. The summed E-state index contributed by atoms with van der Waals surface area (Å²) < 4.78 is 78.0. The van der Waals surface area contributed by atoms with Gasteiger partial charge in [-0.3, -0.25) is 4.79 Å². The molecule has 1 N–H and O–H groups in total. The first kappa shape index (κ1) is 22.4. The number of carbonyl (C=O) groups is 1. The Kier molecular flexibility index (Phi) is 6.12. The quantitative estimate of drug-likeness (QED) is 0.372. The van der Waals surface area contributed by atoms with Crippen molar-refractivity contribution in [3.63, 3.8) is 0 Å². The molecule has 0 radical (unpaired) electrons. The highest BCUT2D eigenvalue weighted by Gasteiger charge is 2.42. The normalized spacial score (nSPS) is 12.4. The highest BCUT2D eigenvalue weighted by molar-refractivity contribution is 6.32. The topological polar surface area (TPSA) is 46.9 Å². The maximum absolute atomic E-state index is 13.1. The molecule has 1 heterocycles. The molecule has 0 fully saturated rings. The molecule has 3 rings (SSSR count). The fraction of sp³-hybridized carbons (Fsp3) is 0.100. The molecule has 0 spiro atoms. The first-order chi connectivity index (χ1) is 14.4. The summed E-state index contributed by atoms with van der Waals surface area (Å²) in [5, 5.41) is 5.96. The molecule has 31 heavy (non-hydrogen) atoms. The minimum atomic E-state index is -5.05. The number of aromatic nitrogens is 2. The van der Waals surface area contributed by atoms with Crippen LogP contribution in [0, 0.1) is 0 Å². The summed E-state index contributed by atoms with van der Waals surface area (Å²) in [5.74, 6) is -0.540. The molecule has 0 unspecified atom stereocenters. The van der Waals surface area contributed by atoms with E-state index in [2.05, 4.69) is 10.4 Å². The lowest BCUT2D eigenvalue weighted by molar-refractivity contribution is -0.143. The minimum absolute atomic E-state index is 0.0603. The van der Waals surface area contributed by atoms with Gasteiger partial charge in [-0.05, 0) is 42.0 Å². The highest BCUT2D eigenvalue weighted by atomic mass is 35.5. The molecule has 0 saturated carbocycles. The fourth-order valence-corrected chi connectivity index (χ4v) is 2.76. The Bertz CT molecular complexity index is 1120. The van der Waals surface area contributed by atoms with Gasteiger partial charge in [0.2, 0.25) is 5.91 Å². The molecule has 0 saturated heterocycles. The Morgan fingerprint density at radius 1 is 0.968 bits per heavy atom. The number of nitrogens with one attached hydrogen (secondary N) is 1. The van der Waals surface area contributed by atoms with Crippen LogP contribution < -0.4 is 5.32 Å². The standard InChI is InChI=1S/C20H12ClF6N3O/c21-15-4-2-1-3-12(15)5-10-18(31)28-13-6-8-14(9-7-13)30-17(20(25,26)27)11-16(29-30)19(22,23)24/h1-11H,(H,28,31). The van der Waals surface area contributed by atoms with Crippen LogP contribution in [-0.2, 0) is 17.1 Å². The molecule has 3 aromatic rings. The van der Waals surface area contributed by atoms with Crippen LogP contribution in [0.25, 0.3) is 11.8 Å². The van der Waals surface area contributed by atoms with Crippen molar-refractivity contribution in [1.82, 2.24) is 9.78 Å². The molecule has 0 aliphatic rings. The van der Waals surface area contributed by atoms with Crippen molar-refractivity contribution in [2.24, 2.45) is 0 Å². The van der Waals surface area contributed by atoms with Crippen molar-refractivity contribution in [2.45, 2.75) is 12.4 Å². The van der Waals surface area contributed by atoms with Gasteiger partial charge in [0.15, 0.2) is 5.69 Å². The number of amides is 1. The number of hydrogen-bond donors (Lipinski definition) is 1. The number of rotatable bonds is 4. The summed E-state index contributed by atoms with van der Waals surface area (Å²) in [5.41, 5.74) is -2.67. The average Bonchev–Trinajstić information content (AvgIpc) is 3.14. The smallest absolute Gasteiger partial charge is 0.323 e. The van der Waals surface area contributed by atoms with Gasteiger partial charge in [0.05, 0.1) is 5.69 Å². The zero-order chi connectivity index (χ0) is 22.8. The van der Waals surface area contributed by atoms with Crippen LogP contribution in [0.4, 0.5) is 32.0 Å². The lowest BCUT2D eigenvalue weighted by Crippen LogP contribution is -2.13. The van der Waals surface area contributed by atoms with Gasteiger partial charge in [-0.15, -0.1) is 0 Å². The second kappa shape index (κ2) is 8.46. The lowest BCUT2D eigenvalue weighted by atomic mass is 10.2. The van der Waals surface area contributed by atoms with Crippen molar-refractivity contribution >= 4 is 29.3 Å². The van der Waals surface area contributed by atoms with E-state index in [-0.39, 0.29) is 22.1 Å². The van der Waals surface area contributed by atoms with Gasteiger partial charge in [0.1, 0.15) is 5.69 Å². The van der Waals surface area contributed by atoms with Gasteiger partial charge in [0.25, 0.3) is 0 Å². The number of hydrogen-bond acceptors (Lipinski definition) is 2. The zero-order valence-corrected chi connectivity index (χ0v) is 16.1. The van der Waals surface area contributed by atoms with Crippen LogP contribution >= 0.6 is 11.6 Å². The first-order valence-electron chi connectivity index (χ1n) is 8.53. The van der Waals surface area contributed by atoms with E-state index < -0.39 is 29.6 Å². The lowest BCUT2D eigenvalue weighted by Gasteiger charge is -2.11. The van der Waals surface area contributed by atoms with Crippen LogP contribution in [0.5, 0.6) is 0 Å². The Hall–Kier alpha value is -3.27. The molecule has 0 aliphatic carbocycles. The predicted octanol–water partition coefficient (Wildman–Crippen LogP) is 6.22. The van der Waals surface area contributed by atoms with Gasteiger partial charge in [-0.25, -0.2) is 4.68 Å². The van der Waals surface area contributed by atoms with Crippen LogP contribution in [0.3, 0.4) is 0 Å². The van der Waals surface area contributed by atoms with E-state index in [1.807, 2.05) is 0 Å². The molecule has 4 nitrogen and oxygen atoms in total. The number of carbonyl (C=O) groups excluding carboxylic acids is 1. The molecular formula is C20H12ClF6N3O. The summed E-state index contributed by atoms with van der Waals surface area (Å²) in [6.07, 6.45) is -7.40. The summed E-state index contributed by atoms with van der Waals surface area (Å²) in [7, 11) is 0. The summed E-state index contributed by atoms with van der Waals surface area (Å²) in [4.78, 5) is 12.0. The van der Waals surface area contributed by atoms with E-state index in [4.69, 9.17) is 11.6 Å². The van der Waals surface area contributed by atoms with Crippen molar-refractivity contribution < 1.29 is 31.1 Å². The average molecular weight is 460 g/mol. The Morgan fingerprint density at radius 3 is 2.19 bits per heavy atom. The van der Waals surface area contributed by atoms with Gasteiger partial charge in [-0.1, -0.05) is 29.8 Å². The number of benzene rings is 2. The molecular weight excluding hydrogens is 448 g/mol. The summed E-state index contributed by atoms with van der Waals surface area (Å²) >= 11 is 5.98. The van der Waals surface area contributed by atoms with Gasteiger partial charge >= 0.3 is 12.4 Å². The molecule has 11 heteroatoms. The Balaban J connectivity index is 1.80. The molecule has 0 aliphatic heterocycles. The second-order valence-corrected chi connectivity index (χ2v) is 6.62. The van der Waals surface area contributed by atoms with Crippen LogP contribution in [0.2, 0.25) is 5.02 Å². The molecule has 1 amide bonds. The van der Waals surface area contributed by atoms with E-state index in [1.54, 1.807) is 24.3 Å². The van der Waals surface area contributed by atoms with Crippen molar-refractivity contribution in [2.75, 3.05) is 5.32 Å². The van der Waals surface area contributed by atoms with Crippen LogP contribution in [0.15, 0.2) is 60.7 Å². The number of alkyl halides is 6. The highest BCUT2D eigenvalue weighted by Crippen LogP contribution is 2.36. The second-order valence-electron chi connectivity index (χ2n) is 6.21. The Morgan fingerprint density at radius 2 is 1.61 bits per heavy atom. The van der Waals surface area contributed by atoms with Crippen LogP contribution in [0.1, 0.15) is 17.0 Å². The third-order valence-electron chi connectivity index (χ3n) is 3.99. The molecule has 1 aromatic heterocycles. The van der Waals surface area contributed by atoms with Crippen molar-refractivity contribution in [3.05, 3.63) is 82.6 Å². The molecule has 0 atom stereocenters. The van der Waals surface area contributed by atoms with E-state index >= 15 is 0 Å². The molecule has 0 bridgehead atoms. The first-order valence-corrected chi connectivity index (χ1v) is 8.91. The molecule has 162 valence electrons. The predicted molar refractivity (Wildman–Crippen MR) is 103 cm³/mol. The summed E-state index contributed by atoms with van der Waals surface area (Å²) in [6.45, 7) is 0. The van der Waals surface area contributed by atoms with E-state index in [0.29, 0.717) is 10.6 Å². The number of nitrogens with zero attached hydrogens (tertiary/aromatic N) is 2. The van der Waals surface area contributed by atoms with E-state index in [9.17, 15) is 31.1 Å².